The molecule has 1 heterocycles. The van der Waals surface area contributed by atoms with Crippen molar-refractivity contribution in [1.29, 1.82) is 0 Å². The van der Waals surface area contributed by atoms with Gasteiger partial charge in [-0.1, -0.05) is 62.0 Å². The van der Waals surface area contributed by atoms with Gasteiger partial charge in [-0.05, 0) is 48.4 Å². The molecule has 4 rings (SSSR count). The highest BCUT2D eigenvalue weighted by Crippen LogP contribution is 2.41. The highest BCUT2D eigenvalue weighted by atomic mass is 32.2. The molecular weight excluding hydrogens is 411 g/mol. The number of halogens is 1. The Balaban J connectivity index is 1.32. The molecule has 1 amide bonds. The number of amides is 1. The minimum atomic E-state index is -0.312. The van der Waals surface area contributed by atoms with E-state index in [0.29, 0.717) is 29.0 Å². The van der Waals surface area contributed by atoms with Gasteiger partial charge in [-0.3, -0.25) is 9.36 Å². The molecule has 1 saturated carbocycles. The molecule has 2 aromatic carbocycles. The van der Waals surface area contributed by atoms with Crippen LogP contribution in [0.2, 0.25) is 0 Å². The van der Waals surface area contributed by atoms with E-state index in [-0.39, 0.29) is 23.5 Å². The van der Waals surface area contributed by atoms with Crippen LogP contribution >= 0.6 is 11.8 Å². The molecule has 0 unspecified atom stereocenters. The van der Waals surface area contributed by atoms with Gasteiger partial charge in [0.1, 0.15) is 5.82 Å². The molecule has 1 aliphatic carbocycles. The molecule has 1 aliphatic rings. The Labute approximate surface area is 186 Å². The molecule has 0 spiro atoms. The summed E-state index contributed by atoms with van der Waals surface area (Å²) in [4.78, 5) is 12.3. The molecule has 162 valence electrons. The Kier molecular flexibility index (Phi) is 6.70. The summed E-state index contributed by atoms with van der Waals surface area (Å²) >= 11 is 1.35. The van der Waals surface area contributed by atoms with Crippen molar-refractivity contribution < 1.29 is 9.18 Å². The summed E-state index contributed by atoms with van der Waals surface area (Å²) in [7, 11) is 0. The van der Waals surface area contributed by atoms with Crippen molar-refractivity contribution in [3.63, 3.8) is 0 Å². The van der Waals surface area contributed by atoms with Gasteiger partial charge in [0.25, 0.3) is 0 Å². The van der Waals surface area contributed by atoms with Crippen molar-refractivity contribution in [2.75, 3.05) is 12.3 Å². The first-order valence-corrected chi connectivity index (χ1v) is 11.7. The van der Waals surface area contributed by atoms with Crippen LogP contribution in [-0.4, -0.2) is 33.0 Å². The third-order valence-corrected chi connectivity index (χ3v) is 6.35. The molecule has 5 nitrogen and oxygen atoms in total. The van der Waals surface area contributed by atoms with Crippen LogP contribution in [0.15, 0.2) is 53.7 Å². The van der Waals surface area contributed by atoms with Gasteiger partial charge in [0.2, 0.25) is 5.91 Å². The number of nitrogens with zero attached hydrogens (tertiary/aromatic N) is 3. The zero-order chi connectivity index (χ0) is 21.8. The Bertz CT molecular complexity index is 1040. The largest absolute Gasteiger partial charge is 0.355 e. The van der Waals surface area contributed by atoms with Crippen LogP contribution in [0, 0.1) is 5.82 Å². The number of hydrogen-bond donors (Lipinski definition) is 1. The lowest BCUT2D eigenvalue weighted by Crippen LogP contribution is -2.27. The van der Waals surface area contributed by atoms with Crippen molar-refractivity contribution >= 4 is 17.7 Å². The maximum Gasteiger partial charge on any atom is 0.230 e. The van der Waals surface area contributed by atoms with Crippen LogP contribution in [0.3, 0.4) is 0 Å². The van der Waals surface area contributed by atoms with Crippen molar-refractivity contribution in [2.45, 2.75) is 50.2 Å². The predicted octanol–water partition coefficient (Wildman–Crippen LogP) is 4.99. The fourth-order valence-electron chi connectivity index (χ4n) is 3.46. The van der Waals surface area contributed by atoms with Gasteiger partial charge < -0.3 is 5.32 Å². The van der Waals surface area contributed by atoms with Crippen LogP contribution in [0.4, 0.5) is 4.39 Å². The van der Waals surface area contributed by atoms with Crippen molar-refractivity contribution in [2.24, 2.45) is 0 Å². The van der Waals surface area contributed by atoms with E-state index in [4.69, 9.17) is 0 Å². The van der Waals surface area contributed by atoms with Gasteiger partial charge in [0.05, 0.1) is 11.3 Å². The van der Waals surface area contributed by atoms with Crippen LogP contribution in [-0.2, 0) is 11.2 Å². The number of rotatable bonds is 9. The minimum Gasteiger partial charge on any atom is -0.355 e. The molecular formula is C24H27FN4OS. The average molecular weight is 439 g/mol. The average Bonchev–Trinajstić information content (AvgIpc) is 3.52. The molecule has 3 aromatic rings. The molecule has 7 heteroatoms. The van der Waals surface area contributed by atoms with Crippen LogP contribution < -0.4 is 5.32 Å². The lowest BCUT2D eigenvalue weighted by molar-refractivity contribution is -0.118. The fraction of sp³-hybridized carbons (Fsp3) is 0.375. The van der Waals surface area contributed by atoms with E-state index in [1.54, 1.807) is 18.2 Å². The van der Waals surface area contributed by atoms with Gasteiger partial charge in [-0.25, -0.2) is 4.39 Å². The van der Waals surface area contributed by atoms with Crippen LogP contribution in [0.25, 0.3) is 11.4 Å². The molecule has 31 heavy (non-hydrogen) atoms. The van der Waals surface area contributed by atoms with Crippen molar-refractivity contribution in [3.8, 4) is 11.4 Å². The van der Waals surface area contributed by atoms with Crippen LogP contribution in [0.5, 0.6) is 0 Å². The number of hydrogen-bond acceptors (Lipinski definition) is 4. The van der Waals surface area contributed by atoms with E-state index in [1.807, 2.05) is 4.57 Å². The lowest BCUT2D eigenvalue weighted by Gasteiger charge is -2.10. The van der Waals surface area contributed by atoms with Gasteiger partial charge in [-0.15, -0.1) is 10.2 Å². The number of aromatic nitrogens is 3. The molecule has 0 radical (unpaired) electrons. The fourth-order valence-corrected chi connectivity index (χ4v) is 4.30. The molecule has 0 aliphatic heterocycles. The summed E-state index contributed by atoms with van der Waals surface area (Å²) in [5, 5.41) is 12.1. The smallest absolute Gasteiger partial charge is 0.230 e. The number of carbonyl (C=O) groups excluding carboxylic acids is 1. The van der Waals surface area contributed by atoms with E-state index in [2.05, 4.69) is 53.6 Å². The van der Waals surface area contributed by atoms with Crippen molar-refractivity contribution in [3.05, 3.63) is 65.5 Å². The van der Waals surface area contributed by atoms with Crippen molar-refractivity contribution in [1.82, 2.24) is 20.1 Å². The van der Waals surface area contributed by atoms with E-state index in [1.165, 1.54) is 29.0 Å². The second kappa shape index (κ2) is 9.64. The van der Waals surface area contributed by atoms with Gasteiger partial charge in [0.15, 0.2) is 11.0 Å². The number of thioether (sulfide) groups is 1. The monoisotopic (exact) mass is 438 g/mol. The molecule has 1 fully saturated rings. The zero-order valence-electron chi connectivity index (χ0n) is 17.8. The third kappa shape index (κ3) is 5.34. The SMILES string of the molecule is CC(C)c1ccc(CCNC(=O)CSc2nnc(-c3ccccc3F)n2C2CC2)cc1. The summed E-state index contributed by atoms with van der Waals surface area (Å²) in [6.07, 6.45) is 2.84. The van der Waals surface area contributed by atoms with E-state index in [9.17, 15) is 9.18 Å². The second-order valence-electron chi connectivity index (χ2n) is 8.17. The van der Waals surface area contributed by atoms with E-state index < -0.39 is 0 Å². The molecule has 0 bridgehead atoms. The maximum absolute atomic E-state index is 14.3. The molecule has 0 saturated heterocycles. The number of benzene rings is 2. The van der Waals surface area contributed by atoms with Gasteiger partial charge >= 0.3 is 0 Å². The first-order valence-electron chi connectivity index (χ1n) is 10.7. The van der Waals surface area contributed by atoms with E-state index >= 15 is 0 Å². The highest BCUT2D eigenvalue weighted by Gasteiger charge is 2.31. The summed E-state index contributed by atoms with van der Waals surface area (Å²) < 4.78 is 16.2. The normalized spacial score (nSPS) is 13.5. The zero-order valence-corrected chi connectivity index (χ0v) is 18.7. The Morgan fingerprint density at radius 1 is 1.16 bits per heavy atom. The number of nitrogens with one attached hydrogen (secondary N) is 1. The lowest BCUT2D eigenvalue weighted by atomic mass is 10.0. The first kappa shape index (κ1) is 21.6. The summed E-state index contributed by atoms with van der Waals surface area (Å²) in [6.45, 7) is 4.95. The third-order valence-electron chi connectivity index (χ3n) is 5.41. The number of carbonyl (C=O) groups is 1. The van der Waals surface area contributed by atoms with Gasteiger partial charge in [-0.2, -0.15) is 0 Å². The Morgan fingerprint density at radius 3 is 2.58 bits per heavy atom. The van der Waals surface area contributed by atoms with Gasteiger partial charge in [0, 0.05) is 12.6 Å². The summed E-state index contributed by atoms with van der Waals surface area (Å²) in [6, 6.07) is 15.4. The Morgan fingerprint density at radius 2 is 1.90 bits per heavy atom. The van der Waals surface area contributed by atoms with E-state index in [0.717, 1.165) is 19.3 Å². The standard InChI is InChI=1S/C24H27FN4OS/c1-16(2)18-9-7-17(8-10-18)13-14-26-22(30)15-31-24-28-27-23(29(24)19-11-12-19)20-5-3-4-6-21(20)25/h3-10,16,19H,11-15H2,1-2H3,(H,26,30). The molecule has 0 atom stereocenters. The quantitative estimate of drug-likeness (QED) is 0.478. The van der Waals surface area contributed by atoms with Crippen LogP contribution in [0.1, 0.15) is 49.8 Å². The molecule has 1 N–H and O–H groups in total. The molecule has 1 aromatic heterocycles. The summed E-state index contributed by atoms with van der Waals surface area (Å²) in [5.41, 5.74) is 2.97. The topological polar surface area (TPSA) is 59.8 Å². The summed E-state index contributed by atoms with van der Waals surface area (Å²) in [5.74, 6) is 0.957. The predicted molar refractivity (Wildman–Crippen MR) is 122 cm³/mol. The Hall–Kier alpha value is -2.67. The second-order valence-corrected chi connectivity index (χ2v) is 9.11. The first-order chi connectivity index (χ1) is 15.0. The maximum atomic E-state index is 14.3. The highest BCUT2D eigenvalue weighted by molar-refractivity contribution is 7.99. The minimum absolute atomic E-state index is 0.0402.